The van der Waals surface area contributed by atoms with Gasteiger partial charge in [0.25, 0.3) is 11.6 Å². The van der Waals surface area contributed by atoms with Gasteiger partial charge in [-0.3, -0.25) is 9.59 Å². The number of nitrogens with two attached hydrogens (primary N) is 1. The number of primary amides is 1. The molecule has 1 fully saturated rings. The Balaban J connectivity index is 1.78. The lowest BCUT2D eigenvalue weighted by Gasteiger charge is -2.31. The molecule has 144 valence electrons. The summed E-state index contributed by atoms with van der Waals surface area (Å²) in [5, 5.41) is 4.47. The lowest BCUT2D eigenvalue weighted by atomic mass is 9.96. The van der Waals surface area contributed by atoms with E-state index >= 15 is 0 Å². The van der Waals surface area contributed by atoms with Crippen molar-refractivity contribution in [3.05, 3.63) is 47.4 Å². The van der Waals surface area contributed by atoms with Crippen LogP contribution in [-0.2, 0) is 4.79 Å². The largest absolute Gasteiger partial charge is 0.369 e. The number of likely N-dealkylation sites (tertiary alicyclic amines) is 1. The molecule has 3 aromatic rings. The van der Waals surface area contributed by atoms with E-state index in [1.165, 1.54) is 12.1 Å². The van der Waals surface area contributed by atoms with Crippen molar-refractivity contribution >= 4 is 22.9 Å². The lowest BCUT2D eigenvalue weighted by molar-refractivity contribution is -0.123. The number of carbonyl (C=O) groups is 2. The average Bonchev–Trinajstić information content (AvgIpc) is 3.08. The number of piperidine rings is 1. The van der Waals surface area contributed by atoms with E-state index in [4.69, 9.17) is 10.3 Å². The number of rotatable bonds is 3. The quantitative estimate of drug-likeness (QED) is 0.750. The molecule has 2 N–H and O–H groups in total. The van der Waals surface area contributed by atoms with Gasteiger partial charge >= 0.3 is 0 Å². The zero-order valence-corrected chi connectivity index (χ0v) is 15.3. The van der Waals surface area contributed by atoms with Crippen molar-refractivity contribution in [1.82, 2.24) is 15.0 Å². The predicted molar refractivity (Wildman–Crippen MR) is 99.8 cm³/mol. The second-order valence-corrected chi connectivity index (χ2v) is 7.00. The zero-order chi connectivity index (χ0) is 19.8. The van der Waals surface area contributed by atoms with Crippen molar-refractivity contribution in [2.75, 3.05) is 13.1 Å². The highest BCUT2D eigenvalue weighted by molar-refractivity contribution is 6.07. The van der Waals surface area contributed by atoms with Gasteiger partial charge < -0.3 is 15.2 Å². The molecule has 1 aliphatic heterocycles. The van der Waals surface area contributed by atoms with Gasteiger partial charge in [0.1, 0.15) is 5.82 Å². The number of nitrogens with zero attached hydrogens (tertiary/aromatic N) is 3. The Hall–Kier alpha value is -3.29. The second kappa shape index (κ2) is 7.03. The monoisotopic (exact) mass is 382 g/mol. The van der Waals surface area contributed by atoms with Gasteiger partial charge in [-0.25, -0.2) is 9.37 Å². The van der Waals surface area contributed by atoms with E-state index in [0.717, 1.165) is 0 Å². The van der Waals surface area contributed by atoms with E-state index in [1.54, 1.807) is 30.0 Å². The van der Waals surface area contributed by atoms with Gasteiger partial charge in [0, 0.05) is 18.7 Å². The highest BCUT2D eigenvalue weighted by Gasteiger charge is 2.30. The molecule has 8 heteroatoms. The van der Waals surface area contributed by atoms with E-state index < -0.39 is 5.91 Å². The van der Waals surface area contributed by atoms with Crippen molar-refractivity contribution < 1.29 is 18.5 Å². The van der Waals surface area contributed by atoms with Crippen LogP contribution < -0.4 is 5.73 Å². The first kappa shape index (κ1) is 18.1. The van der Waals surface area contributed by atoms with Crippen LogP contribution in [0.4, 0.5) is 4.39 Å². The van der Waals surface area contributed by atoms with Crippen molar-refractivity contribution in [1.29, 1.82) is 0 Å². The fraction of sp³-hybridized carbons (Fsp3) is 0.300. The third kappa shape index (κ3) is 3.21. The van der Waals surface area contributed by atoms with Crippen LogP contribution in [0.2, 0.25) is 0 Å². The Morgan fingerprint density at radius 2 is 2.04 bits per heavy atom. The Labute approximate surface area is 160 Å². The summed E-state index contributed by atoms with van der Waals surface area (Å²) < 4.78 is 18.6. The first-order valence-corrected chi connectivity index (χ1v) is 9.05. The molecule has 0 spiro atoms. The molecule has 3 heterocycles. The van der Waals surface area contributed by atoms with E-state index in [2.05, 4.69) is 10.1 Å². The van der Waals surface area contributed by atoms with Gasteiger partial charge in [-0.15, -0.1) is 0 Å². The molecule has 1 aliphatic rings. The van der Waals surface area contributed by atoms with Crippen molar-refractivity contribution in [3.63, 3.8) is 0 Å². The van der Waals surface area contributed by atoms with Crippen LogP contribution in [0, 0.1) is 18.7 Å². The number of halogens is 1. The first-order valence-electron chi connectivity index (χ1n) is 9.05. The third-order valence-corrected chi connectivity index (χ3v) is 5.10. The average molecular weight is 382 g/mol. The summed E-state index contributed by atoms with van der Waals surface area (Å²) in [6, 6.07) is 7.50. The molecule has 0 bridgehead atoms. The summed E-state index contributed by atoms with van der Waals surface area (Å²) in [6.45, 7) is 2.57. The molecule has 28 heavy (non-hydrogen) atoms. The number of fused-ring (bicyclic) bond motifs is 1. The highest BCUT2D eigenvalue weighted by Crippen LogP contribution is 2.29. The summed E-state index contributed by atoms with van der Waals surface area (Å²) in [7, 11) is 0. The van der Waals surface area contributed by atoms with E-state index in [-0.39, 0.29) is 29.9 Å². The van der Waals surface area contributed by atoms with Crippen molar-refractivity contribution in [2.45, 2.75) is 19.8 Å². The number of pyridine rings is 1. The molecule has 2 amide bonds. The maximum atomic E-state index is 13.3. The van der Waals surface area contributed by atoms with Crippen LogP contribution in [0.25, 0.3) is 22.4 Å². The summed E-state index contributed by atoms with van der Waals surface area (Å²) in [6.07, 6.45) is 1.39. The number of benzene rings is 1. The Kier molecular flexibility index (Phi) is 4.54. The van der Waals surface area contributed by atoms with E-state index in [1.807, 2.05) is 0 Å². The topological polar surface area (TPSA) is 102 Å². The van der Waals surface area contributed by atoms with Gasteiger partial charge in [0.05, 0.1) is 28.3 Å². The normalized spacial score (nSPS) is 17.1. The number of hydrogen-bond donors (Lipinski definition) is 1. The standard InChI is InChI=1S/C20H19FN4O3/c1-11-17-15(20(27)25-8-2-3-13(10-25)18(22)26)9-16(23-19(17)28-24-11)12-4-6-14(21)7-5-12/h4-7,9,13H,2-3,8,10H2,1H3,(H2,22,26). The maximum Gasteiger partial charge on any atom is 0.259 e. The number of amides is 2. The van der Waals surface area contributed by atoms with Crippen LogP contribution in [-0.4, -0.2) is 39.9 Å². The minimum Gasteiger partial charge on any atom is -0.369 e. The summed E-state index contributed by atoms with van der Waals surface area (Å²) in [4.78, 5) is 30.9. The molecular formula is C20H19FN4O3. The molecule has 1 aromatic carbocycles. The fourth-order valence-corrected chi connectivity index (χ4v) is 3.60. The summed E-state index contributed by atoms with van der Waals surface area (Å²) >= 11 is 0. The zero-order valence-electron chi connectivity index (χ0n) is 15.3. The smallest absolute Gasteiger partial charge is 0.259 e. The van der Waals surface area contributed by atoms with Gasteiger partial charge in [-0.2, -0.15) is 0 Å². The molecule has 4 rings (SSSR count). The maximum absolute atomic E-state index is 13.3. The number of aryl methyl sites for hydroxylation is 1. The molecule has 1 unspecified atom stereocenters. The first-order chi connectivity index (χ1) is 13.4. The van der Waals surface area contributed by atoms with E-state index in [0.29, 0.717) is 47.3 Å². The minimum absolute atomic E-state index is 0.229. The van der Waals surface area contributed by atoms with E-state index in [9.17, 15) is 14.0 Å². The van der Waals surface area contributed by atoms with Crippen LogP contribution in [0.3, 0.4) is 0 Å². The molecule has 0 aliphatic carbocycles. The predicted octanol–water partition coefficient (Wildman–Crippen LogP) is 2.67. The SMILES string of the molecule is Cc1noc2nc(-c3ccc(F)cc3)cc(C(=O)N3CCCC(C(N)=O)C3)c12. The number of carbonyl (C=O) groups excluding carboxylic acids is 2. The van der Waals surface area contributed by atoms with Crippen LogP contribution in [0.15, 0.2) is 34.9 Å². The summed E-state index contributed by atoms with van der Waals surface area (Å²) in [5.41, 5.74) is 7.76. The fourth-order valence-electron chi connectivity index (χ4n) is 3.60. The number of hydrogen-bond acceptors (Lipinski definition) is 5. The molecule has 7 nitrogen and oxygen atoms in total. The van der Waals surface area contributed by atoms with Gasteiger partial charge in [0.15, 0.2) is 0 Å². The molecule has 1 saturated heterocycles. The minimum atomic E-state index is -0.398. The van der Waals surface area contributed by atoms with Gasteiger partial charge in [0.2, 0.25) is 5.91 Å². The number of aromatic nitrogens is 2. The highest BCUT2D eigenvalue weighted by atomic mass is 19.1. The molecule has 2 aromatic heterocycles. The van der Waals surface area contributed by atoms with Crippen LogP contribution in [0.1, 0.15) is 28.9 Å². The molecule has 0 radical (unpaired) electrons. The van der Waals surface area contributed by atoms with Crippen LogP contribution in [0.5, 0.6) is 0 Å². The van der Waals surface area contributed by atoms with Crippen molar-refractivity contribution in [2.24, 2.45) is 11.7 Å². The molecule has 1 atom stereocenters. The Morgan fingerprint density at radius 3 is 2.75 bits per heavy atom. The van der Waals surface area contributed by atoms with Gasteiger partial charge in [-0.1, -0.05) is 5.16 Å². The van der Waals surface area contributed by atoms with Gasteiger partial charge in [-0.05, 0) is 50.1 Å². The third-order valence-electron chi connectivity index (χ3n) is 5.10. The van der Waals surface area contributed by atoms with Crippen LogP contribution >= 0.6 is 0 Å². The lowest BCUT2D eigenvalue weighted by Crippen LogP contribution is -2.44. The Morgan fingerprint density at radius 1 is 1.29 bits per heavy atom. The summed E-state index contributed by atoms with van der Waals surface area (Å²) in [5.74, 6) is -1.34. The van der Waals surface area contributed by atoms with Crippen molar-refractivity contribution in [3.8, 4) is 11.3 Å². The molecule has 0 saturated carbocycles. The Bertz CT molecular complexity index is 1060. The molecular weight excluding hydrogens is 363 g/mol. The second-order valence-electron chi connectivity index (χ2n) is 7.00.